The Balaban J connectivity index is 1.80. The first-order valence-electron chi connectivity index (χ1n) is 9.05. The van der Waals surface area contributed by atoms with Gasteiger partial charge in [-0.1, -0.05) is 24.3 Å². The van der Waals surface area contributed by atoms with Crippen molar-refractivity contribution in [2.75, 3.05) is 13.1 Å². The zero-order chi connectivity index (χ0) is 18.9. The highest BCUT2D eigenvalue weighted by Gasteiger charge is 2.17. The number of unbranched alkanes of at least 4 members (excludes halogenated alkanes) is 1. The lowest BCUT2D eigenvalue weighted by Crippen LogP contribution is -2.38. The second kappa shape index (κ2) is 9.75. The maximum atomic E-state index is 12.0. The lowest BCUT2D eigenvalue weighted by Gasteiger charge is -2.14. The molecule has 0 aliphatic carbocycles. The lowest BCUT2D eigenvalue weighted by atomic mass is 10.1. The van der Waals surface area contributed by atoms with Crippen LogP contribution in [-0.2, 0) is 9.59 Å². The first kappa shape index (κ1) is 19.7. The predicted molar refractivity (Wildman–Crippen MR) is 99.7 cm³/mol. The third-order valence-electron chi connectivity index (χ3n) is 4.40. The Morgan fingerprint density at radius 3 is 2.69 bits per heavy atom. The number of hydrogen-bond acceptors (Lipinski definition) is 3. The maximum absolute atomic E-state index is 12.0. The Morgan fingerprint density at radius 1 is 1.27 bits per heavy atom. The van der Waals surface area contributed by atoms with Gasteiger partial charge in [-0.15, -0.1) is 0 Å². The number of aliphatic carboxylic acids is 1. The minimum atomic E-state index is -1.07. The molecule has 1 unspecified atom stereocenters. The van der Waals surface area contributed by atoms with E-state index < -0.39 is 17.9 Å². The normalized spacial score (nSPS) is 15.2. The van der Waals surface area contributed by atoms with Crippen LogP contribution in [0.1, 0.15) is 54.9 Å². The fourth-order valence-corrected chi connectivity index (χ4v) is 2.84. The maximum Gasteiger partial charge on any atom is 0.325 e. The third-order valence-corrected chi connectivity index (χ3v) is 4.40. The van der Waals surface area contributed by atoms with Gasteiger partial charge >= 0.3 is 5.97 Å². The van der Waals surface area contributed by atoms with Crippen molar-refractivity contribution in [1.29, 1.82) is 0 Å². The SMILES string of the molecule is CC(NC(=O)c1cccc(/C=C/CCCC(=O)N2CCCC2)c1)C(=O)O. The zero-order valence-electron chi connectivity index (χ0n) is 15.1. The molecule has 2 rings (SSSR count). The molecule has 0 aromatic heterocycles. The van der Waals surface area contributed by atoms with Crippen LogP contribution in [0, 0.1) is 0 Å². The highest BCUT2D eigenvalue weighted by atomic mass is 16.4. The molecular weight excluding hydrogens is 332 g/mol. The summed E-state index contributed by atoms with van der Waals surface area (Å²) in [7, 11) is 0. The quantitative estimate of drug-likeness (QED) is 0.700. The molecule has 1 aliphatic heterocycles. The Kier molecular flexibility index (Phi) is 7.38. The molecule has 6 nitrogen and oxygen atoms in total. The molecule has 0 radical (unpaired) electrons. The van der Waals surface area contributed by atoms with Gasteiger partial charge in [-0.25, -0.2) is 0 Å². The van der Waals surface area contributed by atoms with Gasteiger partial charge in [-0.2, -0.15) is 0 Å². The van der Waals surface area contributed by atoms with Gasteiger partial charge in [0.05, 0.1) is 0 Å². The molecule has 1 heterocycles. The Bertz CT molecular complexity index is 678. The molecule has 1 aromatic rings. The predicted octanol–water partition coefficient (Wildman–Crippen LogP) is 2.70. The second-order valence-electron chi connectivity index (χ2n) is 6.54. The van der Waals surface area contributed by atoms with E-state index in [0.717, 1.165) is 44.3 Å². The summed E-state index contributed by atoms with van der Waals surface area (Å²) >= 11 is 0. The number of carboxylic acids is 1. The van der Waals surface area contributed by atoms with Crippen molar-refractivity contribution in [1.82, 2.24) is 10.2 Å². The van der Waals surface area contributed by atoms with Gasteiger partial charge in [0.1, 0.15) is 6.04 Å². The van der Waals surface area contributed by atoms with Crippen molar-refractivity contribution in [3.63, 3.8) is 0 Å². The number of benzene rings is 1. The summed E-state index contributed by atoms with van der Waals surface area (Å²) in [6.07, 6.45) is 8.31. The van der Waals surface area contributed by atoms with Crippen LogP contribution in [0.2, 0.25) is 0 Å². The van der Waals surface area contributed by atoms with E-state index in [0.29, 0.717) is 12.0 Å². The van der Waals surface area contributed by atoms with E-state index in [-0.39, 0.29) is 5.91 Å². The molecule has 2 N–H and O–H groups in total. The number of carbonyl (C=O) groups is 3. The minimum Gasteiger partial charge on any atom is -0.480 e. The van der Waals surface area contributed by atoms with Crippen molar-refractivity contribution in [3.8, 4) is 0 Å². The Labute approximate surface area is 153 Å². The summed E-state index contributed by atoms with van der Waals surface area (Å²) in [5.41, 5.74) is 1.29. The van der Waals surface area contributed by atoms with Crippen molar-refractivity contribution in [2.45, 2.75) is 45.1 Å². The number of nitrogens with one attached hydrogen (secondary N) is 1. The van der Waals surface area contributed by atoms with Crippen molar-refractivity contribution in [2.24, 2.45) is 0 Å². The number of rotatable bonds is 8. The van der Waals surface area contributed by atoms with Crippen LogP contribution in [0.15, 0.2) is 30.3 Å². The highest BCUT2D eigenvalue weighted by Crippen LogP contribution is 2.12. The fraction of sp³-hybridized carbons (Fsp3) is 0.450. The van der Waals surface area contributed by atoms with E-state index in [2.05, 4.69) is 5.32 Å². The Morgan fingerprint density at radius 2 is 2.00 bits per heavy atom. The summed E-state index contributed by atoms with van der Waals surface area (Å²) in [4.78, 5) is 36.7. The molecule has 1 saturated heterocycles. The van der Waals surface area contributed by atoms with Gasteiger partial charge in [-0.05, 0) is 50.3 Å². The van der Waals surface area contributed by atoms with Crippen LogP contribution in [0.5, 0.6) is 0 Å². The molecule has 0 bridgehead atoms. The van der Waals surface area contributed by atoms with Crippen molar-refractivity contribution in [3.05, 3.63) is 41.5 Å². The first-order chi connectivity index (χ1) is 12.5. The van der Waals surface area contributed by atoms with Gasteiger partial charge in [0.2, 0.25) is 5.91 Å². The molecule has 1 fully saturated rings. The van der Waals surface area contributed by atoms with E-state index in [1.54, 1.807) is 18.2 Å². The number of allylic oxidation sites excluding steroid dienone is 1. The summed E-state index contributed by atoms with van der Waals surface area (Å²) in [5, 5.41) is 11.3. The largest absolute Gasteiger partial charge is 0.480 e. The summed E-state index contributed by atoms with van der Waals surface area (Å²) in [6, 6.07) is 6.07. The van der Waals surface area contributed by atoms with Gasteiger partial charge in [-0.3, -0.25) is 14.4 Å². The number of carbonyl (C=O) groups excluding carboxylic acids is 2. The second-order valence-corrected chi connectivity index (χ2v) is 6.54. The standard InChI is InChI=1S/C20H26N2O4/c1-15(20(25)26)21-19(24)17-10-7-9-16(14-17)8-3-2-4-11-18(23)22-12-5-6-13-22/h3,7-10,14-15H,2,4-6,11-13H2,1H3,(H,21,24)(H,25,26)/b8-3+. The topological polar surface area (TPSA) is 86.7 Å². The number of nitrogens with zero attached hydrogens (tertiary/aromatic N) is 1. The average Bonchev–Trinajstić information content (AvgIpc) is 3.16. The third kappa shape index (κ3) is 6.02. The molecule has 0 spiro atoms. The summed E-state index contributed by atoms with van der Waals surface area (Å²) in [5.74, 6) is -1.24. The molecule has 1 aliphatic rings. The molecule has 140 valence electrons. The number of likely N-dealkylation sites (tertiary alicyclic amines) is 1. The van der Waals surface area contributed by atoms with Crippen molar-refractivity contribution < 1.29 is 19.5 Å². The lowest BCUT2D eigenvalue weighted by molar-refractivity contribution is -0.138. The number of carboxylic acid groups (broad SMARTS) is 1. The van der Waals surface area contributed by atoms with E-state index in [1.165, 1.54) is 6.92 Å². The van der Waals surface area contributed by atoms with Gasteiger partial charge in [0, 0.05) is 25.1 Å². The van der Waals surface area contributed by atoms with E-state index in [1.807, 2.05) is 23.1 Å². The minimum absolute atomic E-state index is 0.238. The Hall–Kier alpha value is -2.63. The number of amides is 2. The molecule has 1 aromatic carbocycles. The van der Waals surface area contributed by atoms with Crippen LogP contribution in [0.4, 0.5) is 0 Å². The van der Waals surface area contributed by atoms with Crippen LogP contribution in [0.25, 0.3) is 6.08 Å². The first-order valence-corrected chi connectivity index (χ1v) is 9.05. The van der Waals surface area contributed by atoms with E-state index >= 15 is 0 Å². The van der Waals surface area contributed by atoms with Gasteiger partial charge < -0.3 is 15.3 Å². The zero-order valence-corrected chi connectivity index (χ0v) is 15.1. The monoisotopic (exact) mass is 358 g/mol. The van der Waals surface area contributed by atoms with Crippen LogP contribution in [-0.4, -0.2) is 46.9 Å². The molecule has 1 atom stereocenters. The number of hydrogen-bond donors (Lipinski definition) is 2. The fourth-order valence-electron chi connectivity index (χ4n) is 2.84. The summed E-state index contributed by atoms with van der Waals surface area (Å²) in [6.45, 7) is 3.21. The molecule has 2 amide bonds. The van der Waals surface area contributed by atoms with Crippen LogP contribution in [0.3, 0.4) is 0 Å². The highest BCUT2D eigenvalue weighted by molar-refractivity contribution is 5.96. The smallest absolute Gasteiger partial charge is 0.325 e. The average molecular weight is 358 g/mol. The van der Waals surface area contributed by atoms with E-state index in [4.69, 9.17) is 5.11 Å². The molecule has 6 heteroatoms. The van der Waals surface area contributed by atoms with Crippen molar-refractivity contribution >= 4 is 23.9 Å². The van der Waals surface area contributed by atoms with Gasteiger partial charge in [0.25, 0.3) is 5.91 Å². The van der Waals surface area contributed by atoms with Crippen LogP contribution < -0.4 is 5.32 Å². The van der Waals surface area contributed by atoms with E-state index in [9.17, 15) is 14.4 Å². The van der Waals surface area contributed by atoms with Gasteiger partial charge in [0.15, 0.2) is 0 Å². The molecular formula is C20H26N2O4. The molecule has 0 saturated carbocycles. The summed E-state index contributed by atoms with van der Waals surface area (Å²) < 4.78 is 0. The molecule has 26 heavy (non-hydrogen) atoms. The van der Waals surface area contributed by atoms with Crippen LogP contribution >= 0.6 is 0 Å².